The number of methoxy groups -OCH3 is 3. The highest BCUT2D eigenvalue weighted by Gasteiger charge is 2.53. The van der Waals surface area contributed by atoms with E-state index in [-0.39, 0.29) is 60.9 Å². The monoisotopic (exact) mass is 957 g/mol. The molecule has 3 aliphatic heterocycles. The molecule has 0 aromatic rings. The molecule has 0 aromatic heterocycles. The third-order valence-electron chi connectivity index (χ3n) is 14.9. The van der Waals surface area contributed by atoms with Gasteiger partial charge in [0.25, 0.3) is 11.7 Å². The van der Waals surface area contributed by atoms with E-state index in [4.69, 9.17) is 34.2 Å². The summed E-state index contributed by atoms with van der Waals surface area (Å²) in [5, 5.41) is 23.5. The smallest absolute Gasteiger partial charge is 0.329 e. The molecule has 15 atom stereocenters. The minimum atomic E-state index is -2.43. The fraction of sp³-hybridized carbons (Fsp3) is 0.755. The lowest BCUT2D eigenvalue weighted by atomic mass is 9.78. The quantitative estimate of drug-likeness (QED) is 0.134. The number of ether oxygens (including phenoxy) is 6. The highest BCUT2D eigenvalue weighted by molar-refractivity contribution is 6.39. The molecule has 0 spiro atoms. The van der Waals surface area contributed by atoms with E-state index >= 15 is 0 Å². The van der Waals surface area contributed by atoms with E-state index in [1.165, 1.54) is 12.0 Å². The van der Waals surface area contributed by atoms with Crippen LogP contribution in [-0.2, 0) is 52.4 Å². The van der Waals surface area contributed by atoms with Crippen molar-refractivity contribution in [2.75, 3.05) is 41.0 Å². The molecule has 15 heteroatoms. The number of esters is 1. The maximum atomic E-state index is 14.5. The van der Waals surface area contributed by atoms with E-state index < -0.39 is 77.8 Å². The van der Waals surface area contributed by atoms with Gasteiger partial charge in [-0.1, -0.05) is 71.1 Å². The maximum Gasteiger partial charge on any atom is 0.329 e. The molecule has 2 bridgehead atoms. The number of Topliss-reactive ketones (excluding diaryl/α,β-unsaturated/α-hetero) is 3. The second-order valence-corrected chi connectivity index (χ2v) is 20.2. The number of amides is 1. The predicted octanol–water partition coefficient (Wildman–Crippen LogP) is 6.16. The third kappa shape index (κ3) is 15.3. The molecule has 0 aromatic carbocycles. The lowest BCUT2D eigenvalue weighted by molar-refractivity contribution is -0.265. The Labute approximate surface area is 405 Å². The third-order valence-corrected chi connectivity index (χ3v) is 14.9. The molecule has 3 heterocycles. The van der Waals surface area contributed by atoms with E-state index in [2.05, 4.69) is 0 Å². The van der Waals surface area contributed by atoms with Crippen LogP contribution in [0.3, 0.4) is 0 Å². The Balaban J connectivity index is 1.70. The van der Waals surface area contributed by atoms with Gasteiger partial charge in [0.2, 0.25) is 5.79 Å². The number of hydrogen-bond acceptors (Lipinski definition) is 14. The molecular formula is C53H84N2O13. The topological polar surface area (TPSA) is 210 Å². The first-order valence-corrected chi connectivity index (χ1v) is 25.1. The van der Waals surface area contributed by atoms with Gasteiger partial charge in [0.15, 0.2) is 5.78 Å². The number of aliphatic hydroxyl groups excluding tert-OH is 1. The summed E-state index contributed by atoms with van der Waals surface area (Å²) >= 11 is 0. The van der Waals surface area contributed by atoms with Crippen LogP contribution in [-0.4, -0.2) is 140 Å². The van der Waals surface area contributed by atoms with Crippen LogP contribution in [0.15, 0.2) is 47.6 Å². The number of piperidine rings is 1. The lowest BCUT2D eigenvalue weighted by Crippen LogP contribution is -2.61. The largest absolute Gasteiger partial charge is 0.460 e. The zero-order valence-corrected chi connectivity index (χ0v) is 42.6. The first-order valence-electron chi connectivity index (χ1n) is 25.1. The molecule has 4 rings (SSSR count). The van der Waals surface area contributed by atoms with Crippen LogP contribution in [0.25, 0.3) is 0 Å². The molecule has 0 unspecified atom stereocenters. The van der Waals surface area contributed by atoms with Gasteiger partial charge in [-0.3, -0.25) is 19.2 Å². The normalized spacial score (nSPS) is 39.2. The number of nitrogens with two attached hydrogens (primary N) is 1. The van der Waals surface area contributed by atoms with Crippen LogP contribution in [0.5, 0.6) is 0 Å². The maximum absolute atomic E-state index is 14.5. The number of cyclic esters (lactones) is 1. The molecule has 0 radical (unpaired) electrons. The number of carbonyl (C=O) groups excluding carboxylic acids is 5. The molecule has 68 heavy (non-hydrogen) atoms. The fourth-order valence-corrected chi connectivity index (χ4v) is 10.5. The number of nitrogens with zero attached hydrogens (tertiary/aromatic N) is 1. The number of fused-ring (bicyclic) bond motifs is 3. The van der Waals surface area contributed by atoms with Crippen molar-refractivity contribution in [1.82, 2.24) is 4.90 Å². The Morgan fingerprint density at radius 3 is 2.28 bits per heavy atom. The second-order valence-electron chi connectivity index (χ2n) is 20.2. The molecule has 15 nitrogen and oxygen atoms in total. The molecule has 3 fully saturated rings. The number of carbonyl (C=O) groups is 5. The van der Waals surface area contributed by atoms with Crippen molar-refractivity contribution < 1.29 is 62.6 Å². The summed E-state index contributed by atoms with van der Waals surface area (Å²) in [6.45, 7) is 13.7. The standard InChI is InChI=1S/C53H84N2O13/c1-32-16-12-11-13-17-33(2)44(63-8)30-40-21-19-38(7)53(62,68-40)50(59)51(60)55-24-15-14-18-41(55)52(61)67-45(35(4)28-39-20-22-43(66-25-23-54)46(29-39)64-9)31-42(56)34(3)27-37(6)48(58)49(65-10)47(57)36(5)26-32/h11-13,16-17,27,32,34-36,38-41,43-46,48-49,58,62H,14-15,18-26,28-31,54H2,1-10H3/b13-11+,16-12+,33-17+,37-27+/t32-,34-,35-,36-,38-,39+,40+,41+,43-,44+,45+,46-,48-,49+,53-/m1/s1. The van der Waals surface area contributed by atoms with Gasteiger partial charge in [-0.2, -0.15) is 0 Å². The summed E-state index contributed by atoms with van der Waals surface area (Å²) in [6, 6.07) is -1.13. The van der Waals surface area contributed by atoms with Gasteiger partial charge in [-0.25, -0.2) is 4.79 Å². The summed E-state index contributed by atoms with van der Waals surface area (Å²) in [6.07, 6.45) is 12.4. The van der Waals surface area contributed by atoms with Crippen molar-refractivity contribution in [3.8, 4) is 0 Å². The van der Waals surface area contributed by atoms with Crippen molar-refractivity contribution >= 4 is 29.2 Å². The van der Waals surface area contributed by atoms with Crippen LogP contribution in [0.2, 0.25) is 0 Å². The Hall–Kier alpha value is -3.41. The van der Waals surface area contributed by atoms with Gasteiger partial charge in [-0.15, -0.1) is 0 Å². The molecule has 4 N–H and O–H groups in total. The molecule has 1 saturated carbocycles. The Morgan fingerprint density at radius 2 is 1.60 bits per heavy atom. The lowest BCUT2D eigenvalue weighted by Gasteiger charge is -2.42. The van der Waals surface area contributed by atoms with E-state index in [0.29, 0.717) is 70.1 Å². The summed E-state index contributed by atoms with van der Waals surface area (Å²) in [5.74, 6) is -7.84. The number of rotatable bonds is 9. The number of ketones is 3. The zero-order valence-electron chi connectivity index (χ0n) is 42.6. The van der Waals surface area contributed by atoms with Crippen molar-refractivity contribution in [2.24, 2.45) is 41.2 Å². The Kier molecular flexibility index (Phi) is 22.9. The average molecular weight is 957 g/mol. The SMILES string of the molecule is CO[C@H]1C[C@@H]2CC[C@@H](C)[C@@](O)(O2)C(=O)C(=O)N2CCCC[C@H]2C(=O)O[C@H]([C@H](C)C[C@@H]2CC[C@@H](OCCN)[C@H](OC)C2)CC(=O)[C@H](C)/C=C(\C)[C@@H](O)[C@@H](OC)C(=O)[C@H](C)C[C@H](C)/C=C/C=C/C=C/1C. The summed E-state index contributed by atoms with van der Waals surface area (Å²) in [5.41, 5.74) is 6.99. The van der Waals surface area contributed by atoms with Crippen LogP contribution < -0.4 is 5.73 Å². The van der Waals surface area contributed by atoms with E-state index in [9.17, 15) is 34.2 Å². The van der Waals surface area contributed by atoms with Crippen molar-refractivity contribution in [3.05, 3.63) is 47.6 Å². The Bertz CT molecular complexity index is 1810. The molecule has 1 aliphatic carbocycles. The van der Waals surface area contributed by atoms with Crippen LogP contribution >= 0.6 is 0 Å². The van der Waals surface area contributed by atoms with Gasteiger partial charge in [-0.05, 0) is 107 Å². The van der Waals surface area contributed by atoms with Gasteiger partial charge >= 0.3 is 5.97 Å². The van der Waals surface area contributed by atoms with Gasteiger partial charge < -0.3 is 49.3 Å². The highest BCUT2D eigenvalue weighted by atomic mass is 16.6. The molecule has 4 aliphatic rings. The summed E-state index contributed by atoms with van der Waals surface area (Å²) in [7, 11) is 4.62. The molecule has 2 saturated heterocycles. The molecule has 1 amide bonds. The zero-order chi connectivity index (χ0) is 50.3. The molecule has 384 valence electrons. The first-order chi connectivity index (χ1) is 32.3. The number of aliphatic hydroxyl groups is 2. The first kappa shape index (κ1) is 57.2. The Morgan fingerprint density at radius 1 is 0.868 bits per heavy atom. The van der Waals surface area contributed by atoms with Gasteiger partial charge in [0, 0.05) is 65.0 Å². The van der Waals surface area contributed by atoms with E-state index in [1.54, 1.807) is 41.1 Å². The minimum absolute atomic E-state index is 0.0199. The summed E-state index contributed by atoms with van der Waals surface area (Å²) < 4.78 is 35.8. The van der Waals surface area contributed by atoms with Crippen LogP contribution in [0.1, 0.15) is 126 Å². The average Bonchev–Trinajstić information content (AvgIpc) is 3.32. The van der Waals surface area contributed by atoms with Crippen LogP contribution in [0, 0.1) is 35.5 Å². The number of hydrogen-bond donors (Lipinski definition) is 3. The fourth-order valence-electron chi connectivity index (χ4n) is 10.5. The van der Waals surface area contributed by atoms with E-state index in [0.717, 1.165) is 18.4 Å². The summed E-state index contributed by atoms with van der Waals surface area (Å²) in [4.78, 5) is 72.2. The van der Waals surface area contributed by atoms with Crippen LogP contribution in [0.4, 0.5) is 0 Å². The second kappa shape index (κ2) is 27.3. The number of allylic oxidation sites excluding steroid dienone is 6. The van der Waals surface area contributed by atoms with Crippen molar-refractivity contribution in [2.45, 2.75) is 180 Å². The van der Waals surface area contributed by atoms with Crippen molar-refractivity contribution in [3.63, 3.8) is 0 Å². The molecular weight excluding hydrogens is 873 g/mol. The predicted molar refractivity (Wildman–Crippen MR) is 258 cm³/mol. The van der Waals surface area contributed by atoms with E-state index in [1.807, 2.05) is 58.1 Å². The highest BCUT2D eigenvalue weighted by Crippen LogP contribution is 2.38. The minimum Gasteiger partial charge on any atom is -0.460 e. The van der Waals surface area contributed by atoms with Gasteiger partial charge in [0.1, 0.15) is 30.1 Å². The van der Waals surface area contributed by atoms with Gasteiger partial charge in [0.05, 0.1) is 31.0 Å². The van der Waals surface area contributed by atoms with Crippen molar-refractivity contribution in [1.29, 1.82) is 0 Å².